The van der Waals surface area contributed by atoms with Crippen LogP contribution >= 0.6 is 0 Å². The summed E-state index contributed by atoms with van der Waals surface area (Å²) in [4.78, 5) is 11.7. The van der Waals surface area contributed by atoms with E-state index >= 15 is 0 Å². The van der Waals surface area contributed by atoms with E-state index in [0.717, 1.165) is 0 Å². The van der Waals surface area contributed by atoms with Crippen LogP contribution in [0, 0.1) is 5.41 Å². The molecule has 0 fully saturated rings. The highest BCUT2D eigenvalue weighted by Gasteiger charge is 2.20. The quantitative estimate of drug-likeness (QED) is 0.219. The summed E-state index contributed by atoms with van der Waals surface area (Å²) in [6.07, 6.45) is 0. The largest absolute Gasteiger partial charge is 0.382 e. The molecule has 0 aliphatic heterocycles. The van der Waals surface area contributed by atoms with Crippen LogP contribution in [0.5, 0.6) is 0 Å². The first-order valence-corrected chi connectivity index (χ1v) is 10.5. The average Bonchev–Trinajstić information content (AvgIpc) is 2.71. The number of hydrogen-bond acceptors (Lipinski definition) is 9. The number of ether oxygens (including phenoxy) is 8. The van der Waals surface area contributed by atoms with Crippen LogP contribution in [-0.2, 0) is 42.7 Å². The monoisotopic (exact) mass is 438 g/mol. The number of Topliss-reactive ketones (excluding diaryl/α,β-unsaturated/α-hetero) is 1. The topological polar surface area (TPSA) is 90.9 Å². The molecule has 0 aromatic rings. The number of carbonyl (C=O) groups excluding carboxylic acids is 1. The van der Waals surface area contributed by atoms with Gasteiger partial charge >= 0.3 is 0 Å². The Bertz CT molecular complexity index is 372. The predicted octanol–water partition coefficient (Wildman–Crippen LogP) is 1.36. The third kappa shape index (κ3) is 22.0. The molecule has 30 heavy (non-hydrogen) atoms. The first kappa shape index (κ1) is 29.4. The third-order valence-electron chi connectivity index (χ3n) is 3.73. The van der Waals surface area contributed by atoms with Gasteiger partial charge in [0.15, 0.2) is 5.78 Å². The molecule has 0 N–H and O–H groups in total. The second kappa shape index (κ2) is 21.6. The second-order valence-corrected chi connectivity index (χ2v) is 7.39. The van der Waals surface area contributed by atoms with Crippen molar-refractivity contribution in [1.82, 2.24) is 0 Å². The molecule has 0 amide bonds. The van der Waals surface area contributed by atoms with E-state index in [9.17, 15) is 4.79 Å². The molecule has 0 rings (SSSR count). The minimum atomic E-state index is -0.364. The van der Waals surface area contributed by atoms with Gasteiger partial charge in [-0.2, -0.15) is 0 Å². The molecular formula is C21H42O9. The lowest BCUT2D eigenvalue weighted by atomic mass is 9.91. The fraction of sp³-hybridized carbons (Fsp3) is 0.952. The first-order valence-electron chi connectivity index (χ1n) is 10.5. The molecule has 180 valence electrons. The molecule has 0 radical (unpaired) electrons. The zero-order chi connectivity index (χ0) is 22.3. The van der Waals surface area contributed by atoms with E-state index in [1.807, 2.05) is 20.8 Å². The summed E-state index contributed by atoms with van der Waals surface area (Å²) in [6.45, 7) is 13.0. The van der Waals surface area contributed by atoms with Crippen molar-refractivity contribution < 1.29 is 42.7 Å². The predicted molar refractivity (Wildman–Crippen MR) is 112 cm³/mol. The highest BCUT2D eigenvalue weighted by molar-refractivity contribution is 5.84. The molecule has 0 atom stereocenters. The molecule has 0 spiro atoms. The van der Waals surface area contributed by atoms with Gasteiger partial charge in [-0.15, -0.1) is 0 Å². The summed E-state index contributed by atoms with van der Waals surface area (Å²) in [5, 5.41) is 0. The molecule has 0 aromatic carbocycles. The maximum Gasteiger partial charge on any atom is 0.163 e. The summed E-state index contributed by atoms with van der Waals surface area (Å²) in [5.74, 6) is 0.0871. The van der Waals surface area contributed by atoms with Crippen LogP contribution in [0.4, 0.5) is 0 Å². The minimum Gasteiger partial charge on any atom is -0.382 e. The van der Waals surface area contributed by atoms with Crippen molar-refractivity contribution in [2.75, 3.05) is 106 Å². The Balaban J connectivity index is 3.09. The Morgan fingerprint density at radius 1 is 0.500 bits per heavy atom. The normalized spacial score (nSPS) is 11.9. The van der Waals surface area contributed by atoms with E-state index in [1.54, 1.807) is 7.11 Å². The van der Waals surface area contributed by atoms with Gasteiger partial charge in [0.05, 0.1) is 92.5 Å². The van der Waals surface area contributed by atoms with E-state index < -0.39 is 0 Å². The van der Waals surface area contributed by atoms with Crippen molar-refractivity contribution >= 4 is 5.78 Å². The summed E-state index contributed by atoms with van der Waals surface area (Å²) in [7, 11) is 1.64. The molecule has 0 heterocycles. The standard InChI is InChI=1S/C21H42O9/c1-21(2,3)20(22)19-30-18-17-29-16-15-28-14-13-27-12-11-26-10-9-25-8-7-24-6-5-23-4/h5-19H2,1-4H3. The first-order chi connectivity index (χ1) is 14.5. The van der Waals surface area contributed by atoms with Crippen molar-refractivity contribution in [3.8, 4) is 0 Å². The van der Waals surface area contributed by atoms with Crippen LogP contribution in [0.3, 0.4) is 0 Å². The minimum absolute atomic E-state index is 0.0871. The van der Waals surface area contributed by atoms with Gasteiger partial charge in [-0.1, -0.05) is 20.8 Å². The summed E-state index contributed by atoms with van der Waals surface area (Å²) < 4.78 is 42.4. The molecule has 0 bridgehead atoms. The average molecular weight is 439 g/mol. The summed E-state index contributed by atoms with van der Waals surface area (Å²) in [5.41, 5.74) is -0.364. The van der Waals surface area contributed by atoms with Crippen molar-refractivity contribution in [3.63, 3.8) is 0 Å². The molecule has 9 nitrogen and oxygen atoms in total. The van der Waals surface area contributed by atoms with Crippen LogP contribution in [0.2, 0.25) is 0 Å². The van der Waals surface area contributed by atoms with Gasteiger partial charge in [0.2, 0.25) is 0 Å². The van der Waals surface area contributed by atoms with Crippen molar-refractivity contribution in [1.29, 1.82) is 0 Å². The highest BCUT2D eigenvalue weighted by atomic mass is 16.6. The Morgan fingerprint density at radius 3 is 1.03 bits per heavy atom. The van der Waals surface area contributed by atoms with E-state index in [4.69, 9.17) is 37.9 Å². The van der Waals surface area contributed by atoms with Gasteiger partial charge in [0, 0.05) is 12.5 Å². The third-order valence-corrected chi connectivity index (χ3v) is 3.73. The Hall–Kier alpha value is -0.650. The van der Waals surface area contributed by atoms with Crippen LogP contribution in [0.15, 0.2) is 0 Å². The van der Waals surface area contributed by atoms with Gasteiger partial charge in [0.1, 0.15) is 6.61 Å². The molecule has 0 saturated heterocycles. The molecule has 9 heteroatoms. The van der Waals surface area contributed by atoms with Gasteiger partial charge in [-0.25, -0.2) is 0 Å². The number of carbonyl (C=O) groups is 1. The van der Waals surface area contributed by atoms with Crippen LogP contribution in [-0.4, -0.2) is 112 Å². The number of methoxy groups -OCH3 is 1. The number of rotatable bonds is 23. The van der Waals surface area contributed by atoms with Gasteiger partial charge in [0.25, 0.3) is 0 Å². The van der Waals surface area contributed by atoms with E-state index in [1.165, 1.54) is 0 Å². The maximum atomic E-state index is 11.7. The molecular weight excluding hydrogens is 396 g/mol. The second-order valence-electron chi connectivity index (χ2n) is 7.39. The van der Waals surface area contributed by atoms with Crippen molar-refractivity contribution in [3.05, 3.63) is 0 Å². The molecule has 0 aromatic heterocycles. The Kier molecular flexibility index (Phi) is 21.1. The van der Waals surface area contributed by atoms with Gasteiger partial charge < -0.3 is 37.9 Å². The molecule has 0 saturated carbocycles. The maximum absolute atomic E-state index is 11.7. The fourth-order valence-electron chi connectivity index (χ4n) is 1.84. The zero-order valence-corrected chi connectivity index (χ0v) is 19.3. The lowest BCUT2D eigenvalue weighted by molar-refractivity contribution is -0.131. The van der Waals surface area contributed by atoms with E-state index in [-0.39, 0.29) is 17.8 Å². The summed E-state index contributed by atoms with van der Waals surface area (Å²) >= 11 is 0. The van der Waals surface area contributed by atoms with Crippen molar-refractivity contribution in [2.24, 2.45) is 5.41 Å². The molecule has 0 aliphatic carbocycles. The highest BCUT2D eigenvalue weighted by Crippen LogP contribution is 2.14. The lowest BCUT2D eigenvalue weighted by Crippen LogP contribution is -2.25. The lowest BCUT2D eigenvalue weighted by Gasteiger charge is -2.16. The number of hydrogen-bond donors (Lipinski definition) is 0. The van der Waals surface area contributed by atoms with E-state index in [0.29, 0.717) is 92.5 Å². The molecule has 0 unspecified atom stereocenters. The van der Waals surface area contributed by atoms with Gasteiger partial charge in [-0.05, 0) is 0 Å². The Labute approximate surface area is 181 Å². The van der Waals surface area contributed by atoms with Gasteiger partial charge in [-0.3, -0.25) is 4.79 Å². The Morgan fingerprint density at radius 2 is 0.767 bits per heavy atom. The SMILES string of the molecule is COCCOCCOCCOCCOCCOCCOCCOCC(=O)C(C)(C)C. The van der Waals surface area contributed by atoms with Crippen molar-refractivity contribution in [2.45, 2.75) is 20.8 Å². The summed E-state index contributed by atoms with van der Waals surface area (Å²) in [6, 6.07) is 0. The molecule has 0 aliphatic rings. The van der Waals surface area contributed by atoms with Crippen LogP contribution in [0.25, 0.3) is 0 Å². The fourth-order valence-corrected chi connectivity index (χ4v) is 1.84. The number of ketones is 1. The zero-order valence-electron chi connectivity index (χ0n) is 19.3. The smallest absolute Gasteiger partial charge is 0.163 e. The van der Waals surface area contributed by atoms with Crippen LogP contribution in [0.1, 0.15) is 20.8 Å². The van der Waals surface area contributed by atoms with E-state index in [2.05, 4.69) is 0 Å². The van der Waals surface area contributed by atoms with Crippen LogP contribution < -0.4 is 0 Å².